The maximum atomic E-state index is 12.1. The zero-order valence-electron chi connectivity index (χ0n) is 39.8. The molecule has 10 nitrogen and oxygen atoms in total. The number of carbonyl (C=O) groups excluding carboxylic acids is 3. The minimum absolute atomic E-state index is 0.0273. The highest BCUT2D eigenvalue weighted by atomic mass is 16.7. The maximum absolute atomic E-state index is 12.1. The van der Waals surface area contributed by atoms with Crippen LogP contribution in [0, 0.1) is 0 Å². The van der Waals surface area contributed by atoms with E-state index in [0.717, 1.165) is 96.3 Å². The molecule has 0 bridgehead atoms. The van der Waals surface area contributed by atoms with Gasteiger partial charge in [0, 0.05) is 45.7 Å². The first kappa shape index (κ1) is 59.3. The summed E-state index contributed by atoms with van der Waals surface area (Å²) in [7, 11) is 0. The largest absolute Gasteiger partial charge is 0.463 e. The second-order valence-electron chi connectivity index (χ2n) is 16.3. The van der Waals surface area contributed by atoms with Crippen molar-refractivity contribution in [3.05, 3.63) is 0 Å². The van der Waals surface area contributed by atoms with Gasteiger partial charge in [-0.3, -0.25) is 14.4 Å². The Balaban J connectivity index is 0. The second kappa shape index (κ2) is 48.9. The van der Waals surface area contributed by atoms with Gasteiger partial charge in [0.05, 0.1) is 6.10 Å². The molecule has 0 aromatic carbocycles. The van der Waals surface area contributed by atoms with E-state index in [9.17, 15) is 14.4 Å². The van der Waals surface area contributed by atoms with E-state index in [1.807, 2.05) is 13.8 Å². The molecule has 0 aromatic heterocycles. The first-order valence-corrected chi connectivity index (χ1v) is 24.7. The van der Waals surface area contributed by atoms with Crippen LogP contribution in [0.15, 0.2) is 0 Å². The van der Waals surface area contributed by atoms with E-state index in [0.29, 0.717) is 45.7 Å². The summed E-state index contributed by atoms with van der Waals surface area (Å²) in [6.07, 6.45) is 31.5. The number of rotatable bonds is 44. The third-order valence-corrected chi connectivity index (χ3v) is 9.83. The first-order valence-electron chi connectivity index (χ1n) is 24.7. The third-order valence-electron chi connectivity index (χ3n) is 9.83. The number of unbranched alkanes of at least 4 members (excludes halogenated alkanes) is 21. The molecule has 0 fully saturated rings. The summed E-state index contributed by atoms with van der Waals surface area (Å²) in [6, 6.07) is 0. The summed E-state index contributed by atoms with van der Waals surface area (Å²) in [6.45, 7) is 17.3. The molecule has 0 amide bonds. The summed E-state index contributed by atoms with van der Waals surface area (Å²) < 4.78 is 38.7. The molecule has 0 unspecified atom stereocenters. The summed E-state index contributed by atoms with van der Waals surface area (Å²) in [5.41, 5.74) is 0. The van der Waals surface area contributed by atoms with E-state index in [2.05, 4.69) is 34.6 Å². The smallest absolute Gasteiger partial charge is 0.306 e. The van der Waals surface area contributed by atoms with Crippen molar-refractivity contribution < 1.29 is 47.5 Å². The quantitative estimate of drug-likeness (QED) is 0.0254. The van der Waals surface area contributed by atoms with Gasteiger partial charge in [0.1, 0.15) is 13.2 Å². The normalized spacial score (nSPS) is 11.3. The van der Waals surface area contributed by atoms with Crippen LogP contribution in [0.4, 0.5) is 0 Å². The lowest BCUT2D eigenvalue weighted by molar-refractivity contribution is -0.183. The van der Waals surface area contributed by atoms with Crippen molar-refractivity contribution in [1.82, 2.24) is 0 Å². The number of ether oxygens (including phenoxy) is 7. The van der Waals surface area contributed by atoms with Crippen molar-refractivity contribution >= 4 is 17.9 Å². The Morgan fingerprint density at radius 1 is 0.339 bits per heavy atom. The van der Waals surface area contributed by atoms with Crippen LogP contribution in [0.25, 0.3) is 0 Å². The lowest BCUT2D eigenvalue weighted by atomic mass is 10.0. The molecule has 0 aliphatic rings. The van der Waals surface area contributed by atoms with Crippen molar-refractivity contribution in [3.63, 3.8) is 0 Å². The standard InChI is InChI=1S/C30H58O8.C19H38O2/c1-5-9-21-33-29(34-22-10-6-2)25-37-27(31)19-17-15-13-14-16-18-20-28(32)38-26-30(35-23-11-7-3)36-24-12-8-4;1-4-5-6-7-8-9-10-11-12-13-14-15-16-17-19(20)21-18(2)3/h29-30H,5-26H2,1-4H3;18H,4-17H2,1-3H3. The minimum atomic E-state index is -0.475. The van der Waals surface area contributed by atoms with Crippen LogP contribution < -0.4 is 0 Å². The lowest BCUT2D eigenvalue weighted by Gasteiger charge is -2.18. The molecule has 0 aromatic rings. The number of hydrogen-bond acceptors (Lipinski definition) is 10. The molecule has 0 heterocycles. The highest BCUT2D eigenvalue weighted by Gasteiger charge is 2.14. The minimum Gasteiger partial charge on any atom is -0.463 e. The Labute approximate surface area is 364 Å². The van der Waals surface area contributed by atoms with Gasteiger partial charge >= 0.3 is 17.9 Å². The highest BCUT2D eigenvalue weighted by molar-refractivity contribution is 5.70. The average molecular weight is 845 g/mol. The number of esters is 3. The Morgan fingerprint density at radius 3 is 0.864 bits per heavy atom. The fourth-order valence-corrected chi connectivity index (χ4v) is 6.05. The topological polar surface area (TPSA) is 116 Å². The number of carbonyl (C=O) groups is 3. The third kappa shape index (κ3) is 48.8. The Morgan fingerprint density at radius 2 is 0.593 bits per heavy atom. The molecule has 0 saturated carbocycles. The second-order valence-corrected chi connectivity index (χ2v) is 16.3. The SMILES string of the molecule is CCCCCCCCCCCCCCCC(=O)OC(C)C.CCCCOC(COC(=O)CCCCCCCCC(=O)OCC(OCCCC)OCCCC)OCCCC. The number of hydrogen-bond donors (Lipinski definition) is 0. The molecule has 59 heavy (non-hydrogen) atoms. The highest BCUT2D eigenvalue weighted by Crippen LogP contribution is 2.14. The van der Waals surface area contributed by atoms with E-state index < -0.39 is 12.6 Å². The van der Waals surface area contributed by atoms with Crippen molar-refractivity contribution in [1.29, 1.82) is 0 Å². The van der Waals surface area contributed by atoms with Gasteiger partial charge < -0.3 is 33.2 Å². The van der Waals surface area contributed by atoms with E-state index in [1.165, 1.54) is 77.0 Å². The van der Waals surface area contributed by atoms with Crippen LogP contribution in [0.3, 0.4) is 0 Å². The Bertz CT molecular complexity index is 817. The van der Waals surface area contributed by atoms with Gasteiger partial charge in [-0.1, -0.05) is 163 Å². The summed E-state index contributed by atoms with van der Waals surface area (Å²) >= 11 is 0. The van der Waals surface area contributed by atoms with Gasteiger partial charge in [0.25, 0.3) is 0 Å². The van der Waals surface area contributed by atoms with Crippen LogP contribution in [0.1, 0.15) is 241 Å². The molecule has 0 radical (unpaired) electrons. The summed E-state index contributed by atoms with van der Waals surface area (Å²) in [5.74, 6) is -0.439. The van der Waals surface area contributed by atoms with Crippen LogP contribution in [0.5, 0.6) is 0 Å². The molecule has 352 valence electrons. The van der Waals surface area contributed by atoms with E-state index >= 15 is 0 Å². The molecular formula is C49H96O10. The van der Waals surface area contributed by atoms with Crippen LogP contribution >= 0.6 is 0 Å². The summed E-state index contributed by atoms with van der Waals surface area (Å²) in [5, 5.41) is 0. The molecule has 0 saturated heterocycles. The summed E-state index contributed by atoms with van der Waals surface area (Å²) in [4.78, 5) is 35.5. The van der Waals surface area contributed by atoms with Crippen molar-refractivity contribution in [2.45, 2.75) is 260 Å². The Hall–Kier alpha value is -1.75. The van der Waals surface area contributed by atoms with Crippen molar-refractivity contribution in [2.24, 2.45) is 0 Å². The molecule has 0 rings (SSSR count). The zero-order valence-corrected chi connectivity index (χ0v) is 39.8. The zero-order chi connectivity index (χ0) is 43.9. The van der Waals surface area contributed by atoms with Crippen molar-refractivity contribution in [2.75, 3.05) is 39.6 Å². The monoisotopic (exact) mass is 845 g/mol. The fourth-order valence-electron chi connectivity index (χ4n) is 6.05. The van der Waals surface area contributed by atoms with Gasteiger partial charge in [0.2, 0.25) is 0 Å². The van der Waals surface area contributed by atoms with Gasteiger partial charge in [-0.05, 0) is 58.8 Å². The molecular weight excluding hydrogens is 749 g/mol. The molecule has 0 aliphatic heterocycles. The van der Waals surface area contributed by atoms with Crippen LogP contribution in [0.2, 0.25) is 0 Å². The lowest BCUT2D eigenvalue weighted by Crippen LogP contribution is -2.26. The molecule has 10 heteroatoms. The van der Waals surface area contributed by atoms with E-state index in [-0.39, 0.29) is 37.2 Å². The van der Waals surface area contributed by atoms with Crippen LogP contribution in [-0.2, 0) is 47.5 Å². The fraction of sp³-hybridized carbons (Fsp3) is 0.939. The van der Waals surface area contributed by atoms with Gasteiger partial charge in [0.15, 0.2) is 12.6 Å². The van der Waals surface area contributed by atoms with E-state index in [4.69, 9.17) is 33.2 Å². The molecule has 0 N–H and O–H groups in total. The van der Waals surface area contributed by atoms with Gasteiger partial charge in [-0.2, -0.15) is 0 Å². The predicted molar refractivity (Wildman–Crippen MR) is 241 cm³/mol. The van der Waals surface area contributed by atoms with Gasteiger partial charge in [-0.25, -0.2) is 0 Å². The first-order chi connectivity index (χ1) is 28.7. The predicted octanol–water partition coefficient (Wildman–Crippen LogP) is 13.5. The average Bonchev–Trinajstić information content (AvgIpc) is 3.21. The van der Waals surface area contributed by atoms with Gasteiger partial charge in [-0.15, -0.1) is 0 Å². The van der Waals surface area contributed by atoms with E-state index in [1.54, 1.807) is 0 Å². The molecule has 0 spiro atoms. The molecule has 0 atom stereocenters. The van der Waals surface area contributed by atoms with Crippen LogP contribution in [-0.4, -0.2) is 76.2 Å². The Kier molecular flexibility index (Phi) is 49.2. The van der Waals surface area contributed by atoms with Crippen molar-refractivity contribution in [3.8, 4) is 0 Å². The maximum Gasteiger partial charge on any atom is 0.306 e. The molecule has 0 aliphatic carbocycles.